The van der Waals surface area contributed by atoms with Gasteiger partial charge in [0.15, 0.2) is 0 Å². The molecule has 0 aromatic carbocycles. The van der Waals surface area contributed by atoms with Gasteiger partial charge in [0.1, 0.15) is 0 Å². The van der Waals surface area contributed by atoms with Gasteiger partial charge in [-0.15, -0.1) is 0 Å². The van der Waals surface area contributed by atoms with Crippen LogP contribution in [0, 0.1) is 0 Å². The molecule has 1 N–H and O–H groups in total. The molecule has 0 radical (unpaired) electrons. The molecule has 18 heavy (non-hydrogen) atoms. The third-order valence-electron chi connectivity index (χ3n) is 3.57. The Morgan fingerprint density at radius 3 is 2.22 bits per heavy atom. The SMILES string of the molecule is CCCNCCCCS(=O)(=O)N(C)C(C)(C)CC. The van der Waals surface area contributed by atoms with Crippen LogP contribution in [0.25, 0.3) is 0 Å². The lowest BCUT2D eigenvalue weighted by molar-refractivity contribution is 0.257. The molecule has 4 nitrogen and oxygen atoms in total. The first-order chi connectivity index (χ1) is 8.28. The molecule has 0 heterocycles. The van der Waals surface area contributed by atoms with Crippen molar-refractivity contribution < 1.29 is 8.42 Å². The highest BCUT2D eigenvalue weighted by Crippen LogP contribution is 2.20. The van der Waals surface area contributed by atoms with Crippen molar-refractivity contribution in [2.45, 2.75) is 58.9 Å². The molecule has 5 heteroatoms. The lowest BCUT2D eigenvalue weighted by Crippen LogP contribution is -2.45. The van der Waals surface area contributed by atoms with Crippen LogP contribution >= 0.6 is 0 Å². The zero-order chi connectivity index (χ0) is 14.2. The molecule has 0 saturated heterocycles. The Kier molecular flexibility index (Phi) is 8.06. The summed E-state index contributed by atoms with van der Waals surface area (Å²) in [5, 5.41) is 3.28. The Balaban J connectivity index is 4.09. The lowest BCUT2D eigenvalue weighted by Gasteiger charge is -2.33. The Hall–Kier alpha value is -0.130. The normalized spacial score (nSPS) is 13.2. The summed E-state index contributed by atoms with van der Waals surface area (Å²) in [4.78, 5) is 0. The molecule has 0 saturated carbocycles. The highest BCUT2D eigenvalue weighted by molar-refractivity contribution is 7.89. The molecule has 0 aromatic rings. The molecule has 0 atom stereocenters. The maximum atomic E-state index is 12.1. The average Bonchev–Trinajstić information content (AvgIpc) is 2.32. The Bertz CT molecular complexity index is 313. The van der Waals surface area contributed by atoms with E-state index in [1.807, 2.05) is 20.8 Å². The second-order valence-electron chi connectivity index (χ2n) is 5.41. The van der Waals surface area contributed by atoms with Crippen LogP contribution in [0.1, 0.15) is 53.4 Å². The number of nitrogens with one attached hydrogen (secondary N) is 1. The summed E-state index contributed by atoms with van der Waals surface area (Å²) in [6.07, 6.45) is 3.58. The van der Waals surface area contributed by atoms with Crippen LogP contribution < -0.4 is 5.32 Å². The van der Waals surface area contributed by atoms with Crippen LogP contribution in [0.2, 0.25) is 0 Å². The van der Waals surface area contributed by atoms with Gasteiger partial charge in [-0.05, 0) is 52.6 Å². The quantitative estimate of drug-likeness (QED) is 0.623. The number of hydrogen-bond donors (Lipinski definition) is 1. The molecule has 0 bridgehead atoms. The Labute approximate surface area is 113 Å². The topological polar surface area (TPSA) is 49.4 Å². The second-order valence-corrected chi connectivity index (χ2v) is 7.53. The number of rotatable bonds is 10. The van der Waals surface area contributed by atoms with E-state index in [1.165, 1.54) is 4.31 Å². The van der Waals surface area contributed by atoms with E-state index >= 15 is 0 Å². The van der Waals surface area contributed by atoms with Gasteiger partial charge in [0, 0.05) is 12.6 Å². The van der Waals surface area contributed by atoms with Crippen LogP contribution in [-0.2, 0) is 10.0 Å². The van der Waals surface area contributed by atoms with Crippen LogP contribution in [0.3, 0.4) is 0 Å². The Morgan fingerprint density at radius 1 is 1.11 bits per heavy atom. The molecular weight excluding hydrogens is 248 g/mol. The standard InChI is InChI=1S/C13H30N2O2S/c1-6-10-14-11-8-9-12-18(16,17)15(5)13(3,4)7-2/h14H,6-12H2,1-5H3. The third-order valence-corrected chi connectivity index (χ3v) is 5.70. The molecule has 0 spiro atoms. The fourth-order valence-electron chi connectivity index (χ4n) is 1.57. The second kappa shape index (κ2) is 8.12. The van der Waals surface area contributed by atoms with Gasteiger partial charge in [0.2, 0.25) is 10.0 Å². The van der Waals surface area contributed by atoms with Crippen molar-refractivity contribution in [3.05, 3.63) is 0 Å². The molecule has 110 valence electrons. The minimum Gasteiger partial charge on any atom is -0.317 e. The predicted octanol–water partition coefficient (Wildman–Crippen LogP) is 2.22. The largest absolute Gasteiger partial charge is 0.317 e. The van der Waals surface area contributed by atoms with Crippen LogP contribution in [0.4, 0.5) is 0 Å². The summed E-state index contributed by atoms with van der Waals surface area (Å²) < 4.78 is 25.8. The molecule has 0 aliphatic rings. The summed E-state index contributed by atoms with van der Waals surface area (Å²) >= 11 is 0. The van der Waals surface area contributed by atoms with E-state index in [9.17, 15) is 8.42 Å². The first-order valence-corrected chi connectivity index (χ1v) is 8.56. The van der Waals surface area contributed by atoms with Crippen molar-refractivity contribution >= 4 is 10.0 Å². The fraction of sp³-hybridized carbons (Fsp3) is 1.00. The summed E-state index contributed by atoms with van der Waals surface area (Å²) in [5.74, 6) is 0.251. The molecule has 0 aliphatic heterocycles. The van der Waals surface area contributed by atoms with Crippen molar-refractivity contribution in [3.8, 4) is 0 Å². The first kappa shape index (κ1) is 17.9. The highest BCUT2D eigenvalue weighted by atomic mass is 32.2. The molecule has 0 unspecified atom stereocenters. The van der Waals surface area contributed by atoms with E-state index < -0.39 is 10.0 Å². The van der Waals surface area contributed by atoms with E-state index in [2.05, 4.69) is 12.2 Å². The molecule has 0 amide bonds. The number of sulfonamides is 1. The van der Waals surface area contributed by atoms with Gasteiger partial charge >= 0.3 is 0 Å². The summed E-state index contributed by atoms with van der Waals surface area (Å²) in [6.45, 7) is 9.99. The van der Waals surface area contributed by atoms with E-state index in [-0.39, 0.29) is 11.3 Å². The minimum absolute atomic E-state index is 0.251. The highest BCUT2D eigenvalue weighted by Gasteiger charge is 2.30. The van der Waals surface area contributed by atoms with Gasteiger partial charge in [0.25, 0.3) is 0 Å². The average molecular weight is 278 g/mol. The van der Waals surface area contributed by atoms with Gasteiger partial charge in [0.05, 0.1) is 5.75 Å². The molecular formula is C13H30N2O2S. The van der Waals surface area contributed by atoms with Crippen molar-refractivity contribution in [2.75, 3.05) is 25.9 Å². The molecule has 0 fully saturated rings. The van der Waals surface area contributed by atoms with E-state index in [1.54, 1.807) is 7.05 Å². The van der Waals surface area contributed by atoms with Crippen molar-refractivity contribution in [1.29, 1.82) is 0 Å². The van der Waals surface area contributed by atoms with Crippen LogP contribution in [0.5, 0.6) is 0 Å². The van der Waals surface area contributed by atoms with Gasteiger partial charge in [-0.3, -0.25) is 0 Å². The Morgan fingerprint density at radius 2 is 1.72 bits per heavy atom. The van der Waals surface area contributed by atoms with E-state index in [4.69, 9.17) is 0 Å². The smallest absolute Gasteiger partial charge is 0.214 e. The van der Waals surface area contributed by atoms with Crippen LogP contribution in [-0.4, -0.2) is 44.2 Å². The summed E-state index contributed by atoms with van der Waals surface area (Å²) in [7, 11) is -1.43. The predicted molar refractivity (Wildman–Crippen MR) is 78.3 cm³/mol. The monoisotopic (exact) mass is 278 g/mol. The van der Waals surface area contributed by atoms with E-state index in [0.717, 1.165) is 38.8 Å². The van der Waals surface area contributed by atoms with Gasteiger partial charge in [-0.2, -0.15) is 4.31 Å². The number of hydrogen-bond acceptors (Lipinski definition) is 3. The zero-order valence-electron chi connectivity index (χ0n) is 12.6. The third kappa shape index (κ3) is 6.16. The van der Waals surface area contributed by atoms with Crippen molar-refractivity contribution in [1.82, 2.24) is 9.62 Å². The van der Waals surface area contributed by atoms with Crippen LogP contribution in [0.15, 0.2) is 0 Å². The summed E-state index contributed by atoms with van der Waals surface area (Å²) in [5.41, 5.74) is -0.292. The first-order valence-electron chi connectivity index (χ1n) is 6.95. The lowest BCUT2D eigenvalue weighted by atomic mass is 10.0. The fourth-order valence-corrected chi connectivity index (χ4v) is 3.30. The number of nitrogens with zero attached hydrogens (tertiary/aromatic N) is 1. The molecule has 0 aliphatic carbocycles. The molecule has 0 rings (SSSR count). The zero-order valence-corrected chi connectivity index (χ0v) is 13.4. The maximum Gasteiger partial charge on any atom is 0.214 e. The van der Waals surface area contributed by atoms with Crippen molar-refractivity contribution in [3.63, 3.8) is 0 Å². The van der Waals surface area contributed by atoms with Gasteiger partial charge in [-0.25, -0.2) is 8.42 Å². The maximum absolute atomic E-state index is 12.1. The van der Waals surface area contributed by atoms with Gasteiger partial charge < -0.3 is 5.32 Å². The molecule has 0 aromatic heterocycles. The number of unbranched alkanes of at least 4 members (excludes halogenated alkanes) is 1. The summed E-state index contributed by atoms with van der Waals surface area (Å²) in [6, 6.07) is 0. The van der Waals surface area contributed by atoms with E-state index in [0.29, 0.717) is 0 Å². The minimum atomic E-state index is -3.12. The van der Waals surface area contributed by atoms with Crippen molar-refractivity contribution in [2.24, 2.45) is 0 Å². The van der Waals surface area contributed by atoms with Gasteiger partial charge in [-0.1, -0.05) is 13.8 Å².